The number of ether oxygens (including phenoxy) is 5. The number of allylic oxidation sites excluding steroid dienone is 1. The van der Waals surface area contributed by atoms with Crippen LogP contribution in [0.15, 0.2) is 80.1 Å². The molecule has 2 aromatic heterocycles. The fourth-order valence-electron chi connectivity index (χ4n) is 4.99. The number of carbonyl (C=O) groups is 3. The summed E-state index contributed by atoms with van der Waals surface area (Å²) < 4.78 is 34.0. The number of hydrogen-bond acceptors (Lipinski definition) is 12. The van der Waals surface area contributed by atoms with Crippen molar-refractivity contribution >= 4 is 35.3 Å². The summed E-state index contributed by atoms with van der Waals surface area (Å²) in [5.74, 6) is -0.0406. The van der Waals surface area contributed by atoms with Crippen LogP contribution in [0.4, 0.5) is 0 Å². The molecule has 0 radical (unpaired) electrons. The average Bonchev–Trinajstić information content (AvgIpc) is 3.67. The van der Waals surface area contributed by atoms with Crippen molar-refractivity contribution in [2.75, 3.05) is 34.0 Å². The van der Waals surface area contributed by atoms with Gasteiger partial charge in [-0.1, -0.05) is 29.5 Å². The highest BCUT2D eigenvalue weighted by Crippen LogP contribution is 2.36. The van der Waals surface area contributed by atoms with Crippen LogP contribution in [0.3, 0.4) is 0 Å². The summed E-state index contributed by atoms with van der Waals surface area (Å²) in [7, 11) is 2.58. The summed E-state index contributed by atoms with van der Waals surface area (Å²) in [6.07, 6.45) is 1.62. The lowest BCUT2D eigenvalue weighted by Gasteiger charge is -2.25. The van der Waals surface area contributed by atoms with Gasteiger partial charge in [-0.3, -0.25) is 9.36 Å². The normalized spacial score (nSPS) is 14.2. The molecule has 4 aromatic rings. The number of fused-ring (bicyclic) bond motifs is 1. The molecule has 0 saturated heterocycles. The molecule has 1 atom stereocenters. The summed E-state index contributed by atoms with van der Waals surface area (Å²) in [4.78, 5) is 55.8. The second kappa shape index (κ2) is 14.3. The zero-order chi connectivity index (χ0) is 33.7. The molecule has 0 spiro atoms. The monoisotopic (exact) mass is 660 g/mol. The van der Waals surface area contributed by atoms with Crippen LogP contribution in [-0.2, 0) is 23.8 Å². The van der Waals surface area contributed by atoms with E-state index in [-0.39, 0.29) is 18.8 Å². The molecule has 0 amide bonds. The molecule has 0 N–H and O–H groups in total. The third-order valence-corrected chi connectivity index (χ3v) is 8.15. The Hall–Kier alpha value is -5.43. The van der Waals surface area contributed by atoms with Crippen LogP contribution in [0.2, 0.25) is 0 Å². The minimum atomic E-state index is -0.901. The summed E-state index contributed by atoms with van der Waals surface area (Å²) in [5, 5.41) is 0. The molecule has 47 heavy (non-hydrogen) atoms. The first kappa shape index (κ1) is 32.9. The van der Waals surface area contributed by atoms with Crippen LogP contribution in [-0.4, -0.2) is 56.5 Å². The van der Waals surface area contributed by atoms with Gasteiger partial charge in [-0.05, 0) is 62.7 Å². The summed E-state index contributed by atoms with van der Waals surface area (Å²) in [6, 6.07) is 14.3. The van der Waals surface area contributed by atoms with E-state index in [1.807, 2.05) is 0 Å². The van der Waals surface area contributed by atoms with Gasteiger partial charge in [-0.15, -0.1) is 0 Å². The van der Waals surface area contributed by atoms with Crippen LogP contribution in [0, 0.1) is 0 Å². The summed E-state index contributed by atoms with van der Waals surface area (Å²) >= 11 is 1.15. The second-order valence-corrected chi connectivity index (χ2v) is 11.1. The molecule has 0 fully saturated rings. The van der Waals surface area contributed by atoms with Gasteiger partial charge in [-0.25, -0.2) is 19.4 Å². The fraction of sp³-hybridized carbons (Fsp3) is 0.265. The Bertz CT molecular complexity index is 2040. The van der Waals surface area contributed by atoms with E-state index in [0.29, 0.717) is 55.8 Å². The number of benzene rings is 2. The van der Waals surface area contributed by atoms with Crippen molar-refractivity contribution in [3.63, 3.8) is 0 Å². The predicted molar refractivity (Wildman–Crippen MR) is 171 cm³/mol. The first-order valence-electron chi connectivity index (χ1n) is 14.6. The van der Waals surface area contributed by atoms with E-state index >= 15 is 0 Å². The minimum Gasteiger partial charge on any atom is -0.490 e. The Kier molecular flexibility index (Phi) is 10.0. The number of furan rings is 1. The molecule has 5 rings (SSSR count). The molecule has 13 heteroatoms. The van der Waals surface area contributed by atoms with E-state index in [1.54, 1.807) is 81.4 Å². The highest BCUT2D eigenvalue weighted by molar-refractivity contribution is 7.07. The molecule has 0 bridgehead atoms. The lowest BCUT2D eigenvalue weighted by molar-refractivity contribution is -0.143. The largest absolute Gasteiger partial charge is 0.490 e. The van der Waals surface area contributed by atoms with Gasteiger partial charge in [0.05, 0.1) is 54.8 Å². The number of rotatable bonds is 11. The predicted octanol–water partition coefficient (Wildman–Crippen LogP) is 3.80. The van der Waals surface area contributed by atoms with Gasteiger partial charge in [0.25, 0.3) is 5.56 Å². The van der Waals surface area contributed by atoms with Gasteiger partial charge in [0.15, 0.2) is 22.9 Å². The van der Waals surface area contributed by atoms with Crippen molar-refractivity contribution in [3.05, 3.63) is 102 Å². The van der Waals surface area contributed by atoms with E-state index < -0.39 is 29.5 Å². The number of aromatic nitrogens is 1. The molecule has 3 heterocycles. The Balaban J connectivity index is 1.58. The zero-order valence-corrected chi connectivity index (χ0v) is 27.2. The maximum atomic E-state index is 14.0. The summed E-state index contributed by atoms with van der Waals surface area (Å²) in [6.45, 7) is 5.28. The van der Waals surface area contributed by atoms with Crippen molar-refractivity contribution in [2.24, 2.45) is 4.99 Å². The molecule has 0 unspecified atom stereocenters. The highest BCUT2D eigenvalue weighted by atomic mass is 32.1. The van der Waals surface area contributed by atoms with E-state index in [0.717, 1.165) is 16.9 Å². The standard InChI is InChI=1S/C34H32N2O10S/c1-6-43-26-16-22(12-14-25(26)45-18-28(37)41-4)30-29(33(40)44-7-2)19(3)35-34-36(30)31(38)27(47-34)17-23-13-15-24(46-23)20-8-10-21(11-9-20)32(39)42-5/h8-17,30H,6-7,18H2,1-5H3/b27-17+/t30-/m1/s1. The number of methoxy groups -OCH3 is 2. The Morgan fingerprint density at radius 3 is 2.38 bits per heavy atom. The van der Waals surface area contributed by atoms with Crippen LogP contribution in [0.25, 0.3) is 17.4 Å². The quantitative estimate of drug-likeness (QED) is 0.172. The number of hydrogen-bond donors (Lipinski definition) is 0. The van der Waals surface area contributed by atoms with Crippen LogP contribution in [0.5, 0.6) is 11.5 Å². The SMILES string of the molecule is CCOC(=O)C1=C(C)N=c2s/c(=C/c3ccc(-c4ccc(C(=O)OC)cc4)o3)c(=O)n2[C@@H]1c1ccc(OCC(=O)OC)c(OCC)c1. The zero-order valence-electron chi connectivity index (χ0n) is 26.4. The van der Waals surface area contributed by atoms with Crippen molar-refractivity contribution in [1.29, 1.82) is 0 Å². The topological polar surface area (TPSA) is 145 Å². The van der Waals surface area contributed by atoms with Crippen molar-refractivity contribution in [1.82, 2.24) is 4.57 Å². The number of thiazole rings is 1. The van der Waals surface area contributed by atoms with Crippen LogP contribution >= 0.6 is 11.3 Å². The smallest absolute Gasteiger partial charge is 0.343 e. The van der Waals surface area contributed by atoms with E-state index in [1.165, 1.54) is 18.8 Å². The van der Waals surface area contributed by atoms with E-state index in [4.69, 9.17) is 23.4 Å². The maximum absolute atomic E-state index is 14.0. The fourth-order valence-corrected chi connectivity index (χ4v) is 6.01. The third kappa shape index (κ3) is 6.89. The number of esters is 3. The first-order valence-corrected chi connectivity index (χ1v) is 15.4. The minimum absolute atomic E-state index is 0.128. The van der Waals surface area contributed by atoms with Gasteiger partial charge >= 0.3 is 17.9 Å². The molecule has 0 saturated carbocycles. The van der Waals surface area contributed by atoms with Gasteiger partial charge < -0.3 is 28.1 Å². The lowest BCUT2D eigenvalue weighted by atomic mass is 9.95. The highest BCUT2D eigenvalue weighted by Gasteiger charge is 2.34. The van der Waals surface area contributed by atoms with Gasteiger partial charge in [0.1, 0.15) is 11.5 Å². The van der Waals surface area contributed by atoms with Crippen molar-refractivity contribution in [2.45, 2.75) is 26.8 Å². The Labute approximate surface area is 273 Å². The molecule has 0 aliphatic carbocycles. The van der Waals surface area contributed by atoms with Crippen molar-refractivity contribution < 1.29 is 42.5 Å². The molecule has 12 nitrogen and oxygen atoms in total. The molecule has 1 aliphatic heterocycles. The first-order chi connectivity index (χ1) is 22.7. The molecule has 1 aliphatic rings. The third-order valence-electron chi connectivity index (χ3n) is 7.16. The van der Waals surface area contributed by atoms with E-state index in [9.17, 15) is 19.2 Å². The number of carbonyl (C=O) groups excluding carboxylic acids is 3. The molecular weight excluding hydrogens is 628 g/mol. The molecule has 2 aromatic carbocycles. The Morgan fingerprint density at radius 2 is 1.70 bits per heavy atom. The van der Waals surface area contributed by atoms with E-state index in [2.05, 4.69) is 9.73 Å². The average molecular weight is 661 g/mol. The molecule has 244 valence electrons. The molecular formula is C34H32N2O10S. The van der Waals surface area contributed by atoms with Crippen molar-refractivity contribution in [3.8, 4) is 22.8 Å². The van der Waals surface area contributed by atoms with Crippen LogP contribution in [0.1, 0.15) is 48.5 Å². The summed E-state index contributed by atoms with van der Waals surface area (Å²) in [5.41, 5.74) is 1.90. The van der Waals surface area contributed by atoms with Gasteiger partial charge in [0.2, 0.25) is 0 Å². The maximum Gasteiger partial charge on any atom is 0.343 e. The van der Waals surface area contributed by atoms with Gasteiger partial charge in [-0.2, -0.15) is 0 Å². The lowest BCUT2D eigenvalue weighted by Crippen LogP contribution is -2.40. The number of nitrogens with zero attached hydrogens (tertiary/aromatic N) is 2. The Morgan fingerprint density at radius 1 is 0.936 bits per heavy atom. The second-order valence-electron chi connectivity index (χ2n) is 10.1. The van der Waals surface area contributed by atoms with Gasteiger partial charge in [0, 0.05) is 11.6 Å². The van der Waals surface area contributed by atoms with Crippen LogP contribution < -0.4 is 24.4 Å².